The third-order valence-electron chi connectivity index (χ3n) is 4.61. The fourth-order valence-electron chi connectivity index (χ4n) is 3.38. The molecule has 1 heteroatoms. The van der Waals surface area contributed by atoms with E-state index in [-0.39, 0.29) is 5.41 Å². The third kappa shape index (κ3) is 1.93. The van der Waals surface area contributed by atoms with Crippen LogP contribution in [-0.4, -0.2) is 0 Å². The van der Waals surface area contributed by atoms with E-state index in [9.17, 15) is 0 Å². The molecule has 3 aromatic carbocycles. The smallest absolute Gasteiger partial charge is 0.0432 e. The van der Waals surface area contributed by atoms with Gasteiger partial charge in [-0.15, -0.1) is 0 Å². The van der Waals surface area contributed by atoms with E-state index in [4.69, 9.17) is 0 Å². The van der Waals surface area contributed by atoms with Crippen LogP contribution in [0.1, 0.15) is 25.0 Å². The molecule has 0 aliphatic carbocycles. The highest BCUT2D eigenvalue weighted by Gasteiger charge is 2.32. The van der Waals surface area contributed by atoms with Crippen molar-refractivity contribution in [2.24, 2.45) is 0 Å². The fourth-order valence-corrected chi connectivity index (χ4v) is 3.38. The molecule has 1 aliphatic heterocycles. The van der Waals surface area contributed by atoms with Gasteiger partial charge in [0, 0.05) is 16.8 Å². The molecule has 1 aliphatic rings. The molecule has 0 aromatic heterocycles. The normalized spacial score (nSPS) is 14.6. The Kier molecular flexibility index (Phi) is 2.83. The van der Waals surface area contributed by atoms with Gasteiger partial charge in [0.25, 0.3) is 0 Å². The van der Waals surface area contributed by atoms with Crippen LogP contribution < -0.4 is 5.32 Å². The van der Waals surface area contributed by atoms with Gasteiger partial charge in [-0.2, -0.15) is 0 Å². The molecule has 0 spiro atoms. The number of fused-ring (bicyclic) bond motifs is 2. The van der Waals surface area contributed by atoms with Crippen molar-refractivity contribution >= 4 is 11.4 Å². The summed E-state index contributed by atoms with van der Waals surface area (Å²) in [4.78, 5) is 0. The van der Waals surface area contributed by atoms with Crippen LogP contribution in [0.5, 0.6) is 0 Å². The molecule has 0 atom stereocenters. The Morgan fingerprint density at radius 3 is 2.32 bits per heavy atom. The average molecular weight is 284 g/mol. The van der Waals surface area contributed by atoms with Gasteiger partial charge in [0.2, 0.25) is 0 Å². The first kappa shape index (κ1) is 13.1. The maximum Gasteiger partial charge on any atom is 0.0432 e. The summed E-state index contributed by atoms with van der Waals surface area (Å²) in [6, 6.07) is 26.5. The van der Waals surface area contributed by atoms with E-state index in [1.807, 2.05) is 12.1 Å². The van der Waals surface area contributed by atoms with E-state index < -0.39 is 0 Å². The lowest BCUT2D eigenvalue weighted by molar-refractivity contribution is 0.638. The Morgan fingerprint density at radius 1 is 0.773 bits per heavy atom. The molecular weight excluding hydrogens is 266 g/mol. The van der Waals surface area contributed by atoms with Crippen molar-refractivity contribution in [3.05, 3.63) is 83.9 Å². The largest absolute Gasteiger partial charge is 0.355 e. The zero-order valence-corrected chi connectivity index (χ0v) is 12.9. The predicted octanol–water partition coefficient (Wildman–Crippen LogP) is 5.54. The summed E-state index contributed by atoms with van der Waals surface area (Å²) in [7, 11) is 0. The van der Waals surface area contributed by atoms with Crippen LogP contribution in [0.4, 0.5) is 11.4 Å². The van der Waals surface area contributed by atoms with Crippen molar-refractivity contribution in [1.82, 2.24) is 0 Å². The van der Waals surface area contributed by atoms with Crippen molar-refractivity contribution in [3.8, 4) is 11.1 Å². The van der Waals surface area contributed by atoms with Crippen molar-refractivity contribution in [1.29, 1.82) is 0 Å². The van der Waals surface area contributed by atoms with Crippen LogP contribution in [-0.2, 0) is 5.41 Å². The summed E-state index contributed by atoms with van der Waals surface area (Å²) in [6.07, 6.45) is 0. The van der Waals surface area contributed by atoms with Crippen LogP contribution in [0, 0.1) is 6.07 Å². The monoisotopic (exact) mass is 284 g/mol. The van der Waals surface area contributed by atoms with Crippen molar-refractivity contribution < 1.29 is 0 Å². The number of para-hydroxylation sites is 1. The topological polar surface area (TPSA) is 12.0 Å². The van der Waals surface area contributed by atoms with E-state index in [1.165, 1.54) is 33.6 Å². The van der Waals surface area contributed by atoms with Gasteiger partial charge in [0.1, 0.15) is 0 Å². The summed E-state index contributed by atoms with van der Waals surface area (Å²) >= 11 is 0. The quantitative estimate of drug-likeness (QED) is 0.619. The van der Waals surface area contributed by atoms with Crippen LogP contribution in [0.3, 0.4) is 0 Å². The van der Waals surface area contributed by atoms with E-state index >= 15 is 0 Å². The minimum absolute atomic E-state index is 0.0141. The number of anilines is 2. The minimum Gasteiger partial charge on any atom is -0.355 e. The first-order chi connectivity index (χ1) is 10.7. The molecule has 0 amide bonds. The van der Waals surface area contributed by atoms with E-state index in [1.54, 1.807) is 0 Å². The van der Waals surface area contributed by atoms with E-state index in [2.05, 4.69) is 79.8 Å². The zero-order valence-electron chi connectivity index (χ0n) is 12.9. The van der Waals surface area contributed by atoms with Gasteiger partial charge < -0.3 is 5.32 Å². The molecule has 1 radical (unpaired) electrons. The van der Waals surface area contributed by atoms with Crippen molar-refractivity contribution in [2.75, 3.05) is 5.32 Å². The van der Waals surface area contributed by atoms with Crippen LogP contribution in [0.15, 0.2) is 66.7 Å². The molecule has 0 unspecified atom stereocenters. The third-order valence-corrected chi connectivity index (χ3v) is 4.61. The SMILES string of the molecule is CC1(C)c2ccccc2Nc2cc(-c3cc[c]cc3)ccc21. The van der Waals surface area contributed by atoms with Crippen LogP contribution >= 0.6 is 0 Å². The lowest BCUT2D eigenvalue weighted by Gasteiger charge is -2.35. The molecule has 0 fully saturated rings. The van der Waals surface area contributed by atoms with Gasteiger partial charge in [-0.05, 0) is 40.5 Å². The summed E-state index contributed by atoms with van der Waals surface area (Å²) in [5, 5.41) is 3.60. The number of hydrogen-bond donors (Lipinski definition) is 1. The predicted molar refractivity (Wildman–Crippen MR) is 92.6 cm³/mol. The Labute approximate surface area is 131 Å². The fraction of sp³-hybridized carbons (Fsp3) is 0.143. The number of nitrogens with one attached hydrogen (secondary N) is 1. The molecule has 0 saturated carbocycles. The second kappa shape index (κ2) is 4.74. The van der Waals surface area contributed by atoms with Gasteiger partial charge in [0.15, 0.2) is 0 Å². The van der Waals surface area contributed by atoms with E-state index in [0.29, 0.717) is 0 Å². The molecule has 0 saturated heterocycles. The second-order valence-corrected chi connectivity index (χ2v) is 6.34. The van der Waals surface area contributed by atoms with Gasteiger partial charge in [-0.25, -0.2) is 0 Å². The average Bonchev–Trinajstić information content (AvgIpc) is 2.55. The highest BCUT2D eigenvalue weighted by Crippen LogP contribution is 2.46. The maximum atomic E-state index is 3.60. The van der Waals surface area contributed by atoms with Gasteiger partial charge in [-0.3, -0.25) is 0 Å². The zero-order chi connectivity index (χ0) is 15.2. The molecule has 4 rings (SSSR count). The Balaban J connectivity index is 1.87. The van der Waals surface area contributed by atoms with Gasteiger partial charge in [0.05, 0.1) is 0 Å². The molecule has 1 N–H and O–H groups in total. The number of benzene rings is 3. The van der Waals surface area contributed by atoms with E-state index in [0.717, 1.165) is 0 Å². The summed E-state index contributed by atoms with van der Waals surface area (Å²) in [6.45, 7) is 4.59. The number of rotatable bonds is 1. The van der Waals surface area contributed by atoms with Gasteiger partial charge in [-0.1, -0.05) is 68.4 Å². The first-order valence-corrected chi connectivity index (χ1v) is 7.64. The summed E-state index contributed by atoms with van der Waals surface area (Å²) < 4.78 is 0. The molecule has 0 bridgehead atoms. The molecule has 22 heavy (non-hydrogen) atoms. The molecule has 1 heterocycles. The molecule has 107 valence electrons. The summed E-state index contributed by atoms with van der Waals surface area (Å²) in [5.74, 6) is 0. The second-order valence-electron chi connectivity index (χ2n) is 6.34. The molecule has 3 aromatic rings. The number of hydrogen-bond acceptors (Lipinski definition) is 1. The Morgan fingerprint density at radius 2 is 1.50 bits per heavy atom. The van der Waals surface area contributed by atoms with Crippen molar-refractivity contribution in [3.63, 3.8) is 0 Å². The maximum absolute atomic E-state index is 3.60. The van der Waals surface area contributed by atoms with Crippen LogP contribution in [0.2, 0.25) is 0 Å². The first-order valence-electron chi connectivity index (χ1n) is 7.64. The van der Waals surface area contributed by atoms with Gasteiger partial charge >= 0.3 is 0 Å². The highest BCUT2D eigenvalue weighted by molar-refractivity contribution is 5.79. The molecular formula is C21H18N. The minimum atomic E-state index is 0.0141. The lowest BCUT2D eigenvalue weighted by atomic mass is 9.74. The lowest BCUT2D eigenvalue weighted by Crippen LogP contribution is -2.25. The summed E-state index contributed by atoms with van der Waals surface area (Å²) in [5.41, 5.74) is 7.57. The highest BCUT2D eigenvalue weighted by atomic mass is 14.9. The Hall–Kier alpha value is -2.54. The molecule has 1 nitrogen and oxygen atoms in total. The van der Waals surface area contributed by atoms with Crippen molar-refractivity contribution in [2.45, 2.75) is 19.3 Å². The van der Waals surface area contributed by atoms with Crippen LogP contribution in [0.25, 0.3) is 11.1 Å². The Bertz CT molecular complexity index is 832. The standard InChI is InChI=1S/C21H18N/c1-21(2)17-10-6-7-11-19(17)22-20-14-16(12-13-18(20)21)15-8-4-3-5-9-15/h4-14,22H,1-2H3.